The lowest BCUT2D eigenvalue weighted by molar-refractivity contribution is -0.137. The van der Waals surface area contributed by atoms with Crippen molar-refractivity contribution in [3.8, 4) is 5.75 Å². The standard InChI is InChI=1S/C31H24F4N2O4/c32-24-10-5-20(6-11-24)22(18-41-25-12-7-21-15-29(39)36-27(21)16-25)14-28(38)26-2-1-13-37(30(26)40)17-19-3-8-23(9-4-19)31(33,34)35/h1-13,16,22H,14-15,17-18H2,(H,36,39)/t22-/m1/s1. The van der Waals surface area contributed by atoms with Gasteiger partial charge in [0.1, 0.15) is 11.6 Å². The Morgan fingerprint density at radius 2 is 1.71 bits per heavy atom. The molecule has 10 heteroatoms. The first-order chi connectivity index (χ1) is 19.6. The molecule has 0 saturated carbocycles. The summed E-state index contributed by atoms with van der Waals surface area (Å²) in [4.78, 5) is 38.2. The molecule has 3 aromatic carbocycles. The predicted octanol–water partition coefficient (Wildman–Crippen LogP) is 5.98. The molecular formula is C31H24F4N2O4. The molecule has 4 aromatic rings. The molecule has 0 saturated heterocycles. The van der Waals surface area contributed by atoms with E-state index in [1.54, 1.807) is 30.3 Å². The van der Waals surface area contributed by atoms with Crippen molar-refractivity contribution >= 4 is 17.4 Å². The van der Waals surface area contributed by atoms with Gasteiger partial charge in [0, 0.05) is 30.3 Å². The molecule has 210 valence electrons. The molecule has 41 heavy (non-hydrogen) atoms. The summed E-state index contributed by atoms with van der Waals surface area (Å²) >= 11 is 0. The Balaban J connectivity index is 1.34. The average molecular weight is 565 g/mol. The van der Waals surface area contributed by atoms with Crippen LogP contribution in [0, 0.1) is 5.82 Å². The molecular weight excluding hydrogens is 540 g/mol. The number of amides is 1. The van der Waals surface area contributed by atoms with E-state index in [0.717, 1.165) is 17.7 Å². The van der Waals surface area contributed by atoms with Crippen LogP contribution in [0.25, 0.3) is 0 Å². The van der Waals surface area contributed by atoms with Gasteiger partial charge in [-0.05, 0) is 59.2 Å². The zero-order valence-corrected chi connectivity index (χ0v) is 21.6. The summed E-state index contributed by atoms with van der Waals surface area (Å²) in [6.07, 6.45) is -2.84. The lowest BCUT2D eigenvalue weighted by Gasteiger charge is -2.18. The molecule has 1 aliphatic heterocycles. The van der Waals surface area contributed by atoms with E-state index < -0.39 is 34.8 Å². The third-order valence-electron chi connectivity index (χ3n) is 6.89. The molecule has 0 unspecified atom stereocenters. The van der Waals surface area contributed by atoms with Crippen LogP contribution in [-0.2, 0) is 23.9 Å². The molecule has 6 nitrogen and oxygen atoms in total. The minimum absolute atomic E-state index is 0.0164. The number of pyridine rings is 1. The van der Waals surface area contributed by atoms with Gasteiger partial charge < -0.3 is 14.6 Å². The van der Waals surface area contributed by atoms with E-state index in [1.807, 2.05) is 0 Å². The van der Waals surface area contributed by atoms with Gasteiger partial charge in [0.25, 0.3) is 5.56 Å². The largest absolute Gasteiger partial charge is 0.493 e. The zero-order valence-electron chi connectivity index (χ0n) is 21.6. The SMILES string of the molecule is O=C1Cc2ccc(OC[C@@H](CC(=O)c3cccn(Cc4ccc(C(F)(F)F)cc4)c3=O)c3ccc(F)cc3)cc2N1. The number of benzene rings is 3. The summed E-state index contributed by atoms with van der Waals surface area (Å²) in [5.74, 6) is -1.07. The van der Waals surface area contributed by atoms with E-state index in [2.05, 4.69) is 5.32 Å². The summed E-state index contributed by atoms with van der Waals surface area (Å²) in [7, 11) is 0. The first-order valence-electron chi connectivity index (χ1n) is 12.8. The maximum atomic E-state index is 13.6. The minimum atomic E-state index is -4.47. The number of halogens is 4. The number of hydrogen-bond donors (Lipinski definition) is 1. The molecule has 1 amide bonds. The molecule has 5 rings (SSSR count). The highest BCUT2D eigenvalue weighted by atomic mass is 19.4. The highest BCUT2D eigenvalue weighted by Crippen LogP contribution is 2.30. The zero-order chi connectivity index (χ0) is 29.1. The van der Waals surface area contributed by atoms with Crippen molar-refractivity contribution in [1.29, 1.82) is 0 Å². The number of carbonyl (C=O) groups is 2. The van der Waals surface area contributed by atoms with Gasteiger partial charge in [0.2, 0.25) is 5.91 Å². The summed E-state index contributed by atoms with van der Waals surface area (Å²) in [5, 5.41) is 2.75. The summed E-state index contributed by atoms with van der Waals surface area (Å²) in [6, 6.07) is 18.2. The van der Waals surface area contributed by atoms with Gasteiger partial charge in [-0.3, -0.25) is 14.4 Å². The monoisotopic (exact) mass is 564 g/mol. The Morgan fingerprint density at radius 3 is 2.41 bits per heavy atom. The number of ether oxygens (including phenoxy) is 1. The van der Waals surface area contributed by atoms with Crippen LogP contribution >= 0.6 is 0 Å². The van der Waals surface area contributed by atoms with Crippen LogP contribution in [0.4, 0.5) is 23.2 Å². The number of carbonyl (C=O) groups excluding carboxylic acids is 2. The molecule has 0 aliphatic carbocycles. The second-order valence-electron chi connectivity index (χ2n) is 9.78. The van der Waals surface area contributed by atoms with Crippen molar-refractivity contribution in [2.75, 3.05) is 11.9 Å². The number of anilines is 1. The van der Waals surface area contributed by atoms with E-state index in [-0.39, 0.29) is 37.5 Å². The van der Waals surface area contributed by atoms with Crippen LogP contribution < -0.4 is 15.6 Å². The smallest absolute Gasteiger partial charge is 0.416 e. The Hall–Kier alpha value is -4.73. The lowest BCUT2D eigenvalue weighted by atomic mass is 9.92. The quantitative estimate of drug-likeness (QED) is 0.200. The minimum Gasteiger partial charge on any atom is -0.493 e. The topological polar surface area (TPSA) is 77.4 Å². The van der Waals surface area contributed by atoms with E-state index in [0.29, 0.717) is 22.6 Å². The molecule has 1 aromatic heterocycles. The molecule has 0 bridgehead atoms. The van der Waals surface area contributed by atoms with Crippen LogP contribution in [0.5, 0.6) is 5.75 Å². The van der Waals surface area contributed by atoms with Gasteiger partial charge in [-0.15, -0.1) is 0 Å². The van der Waals surface area contributed by atoms with Gasteiger partial charge in [0.05, 0.1) is 30.7 Å². The van der Waals surface area contributed by atoms with E-state index in [9.17, 15) is 31.9 Å². The Morgan fingerprint density at radius 1 is 0.976 bits per heavy atom. The fourth-order valence-corrected chi connectivity index (χ4v) is 4.69. The van der Waals surface area contributed by atoms with Gasteiger partial charge in [-0.1, -0.05) is 30.3 Å². The van der Waals surface area contributed by atoms with Crippen molar-refractivity contribution in [2.24, 2.45) is 0 Å². The van der Waals surface area contributed by atoms with Gasteiger partial charge in [0.15, 0.2) is 5.78 Å². The third kappa shape index (κ3) is 6.54. The maximum Gasteiger partial charge on any atom is 0.416 e. The number of Topliss-reactive ketones (excluding diaryl/α,β-unsaturated/α-hetero) is 1. The number of ketones is 1. The second-order valence-corrected chi connectivity index (χ2v) is 9.78. The van der Waals surface area contributed by atoms with Crippen molar-refractivity contribution in [1.82, 2.24) is 4.57 Å². The van der Waals surface area contributed by atoms with E-state index in [4.69, 9.17) is 4.74 Å². The molecule has 2 heterocycles. The average Bonchev–Trinajstić information content (AvgIpc) is 3.31. The third-order valence-corrected chi connectivity index (χ3v) is 6.89. The van der Waals surface area contributed by atoms with Crippen molar-refractivity contribution < 1.29 is 31.9 Å². The Labute approximate surface area is 232 Å². The summed E-state index contributed by atoms with van der Waals surface area (Å²) in [6.45, 7) is 0.0220. The van der Waals surface area contributed by atoms with Crippen LogP contribution in [0.15, 0.2) is 89.9 Å². The van der Waals surface area contributed by atoms with E-state index in [1.165, 1.54) is 47.2 Å². The van der Waals surface area contributed by atoms with Crippen LogP contribution in [0.1, 0.15) is 45.0 Å². The molecule has 0 spiro atoms. The Bertz CT molecular complexity index is 1640. The van der Waals surface area contributed by atoms with Crippen molar-refractivity contribution in [3.05, 3.63) is 129 Å². The van der Waals surface area contributed by atoms with Crippen LogP contribution in [-0.4, -0.2) is 22.9 Å². The number of fused-ring (bicyclic) bond motifs is 1. The highest BCUT2D eigenvalue weighted by molar-refractivity contribution is 5.99. The van der Waals surface area contributed by atoms with Gasteiger partial charge in [-0.2, -0.15) is 13.2 Å². The fourth-order valence-electron chi connectivity index (χ4n) is 4.69. The Kier molecular flexibility index (Phi) is 7.74. The number of nitrogens with one attached hydrogen (secondary N) is 1. The second kappa shape index (κ2) is 11.4. The number of alkyl halides is 3. The maximum absolute atomic E-state index is 13.6. The van der Waals surface area contributed by atoms with Gasteiger partial charge >= 0.3 is 6.18 Å². The summed E-state index contributed by atoms with van der Waals surface area (Å²) < 4.78 is 59.5. The first-order valence-corrected chi connectivity index (χ1v) is 12.8. The number of aromatic nitrogens is 1. The molecule has 1 N–H and O–H groups in total. The van der Waals surface area contributed by atoms with Crippen molar-refractivity contribution in [3.63, 3.8) is 0 Å². The van der Waals surface area contributed by atoms with Crippen LogP contribution in [0.2, 0.25) is 0 Å². The van der Waals surface area contributed by atoms with Crippen molar-refractivity contribution in [2.45, 2.75) is 31.5 Å². The first kappa shape index (κ1) is 27.8. The molecule has 0 fully saturated rings. The molecule has 1 atom stereocenters. The number of nitrogens with zero attached hydrogens (tertiary/aromatic N) is 1. The van der Waals surface area contributed by atoms with Gasteiger partial charge in [-0.25, -0.2) is 4.39 Å². The predicted molar refractivity (Wildman–Crippen MR) is 144 cm³/mol. The molecule has 1 aliphatic rings. The molecule has 0 radical (unpaired) electrons. The normalized spacial score (nSPS) is 13.4. The fraction of sp³-hybridized carbons (Fsp3) is 0.194. The lowest BCUT2D eigenvalue weighted by Crippen LogP contribution is -2.27. The number of rotatable bonds is 9. The van der Waals surface area contributed by atoms with E-state index >= 15 is 0 Å². The summed E-state index contributed by atoms with van der Waals surface area (Å²) in [5.41, 5.74) is 1.15. The highest BCUT2D eigenvalue weighted by Gasteiger charge is 2.30. The van der Waals surface area contributed by atoms with Crippen LogP contribution in [0.3, 0.4) is 0 Å². The number of hydrogen-bond acceptors (Lipinski definition) is 4.